The number of anilines is 5. The number of aromatic nitrogens is 5. The Bertz CT molecular complexity index is 1880. The third-order valence-electron chi connectivity index (χ3n) is 7.47. The van der Waals surface area contributed by atoms with Crippen LogP contribution >= 0.6 is 0 Å². The van der Waals surface area contributed by atoms with E-state index in [1.165, 1.54) is 17.8 Å². The Hall–Kier alpha value is -5.55. The summed E-state index contributed by atoms with van der Waals surface area (Å²) in [4.78, 5) is 25.9. The first-order valence-electron chi connectivity index (χ1n) is 14.3. The van der Waals surface area contributed by atoms with E-state index < -0.39 is 0 Å². The number of hydrogen-bond donors (Lipinski definition) is 3. The second-order valence-corrected chi connectivity index (χ2v) is 10.6. The Morgan fingerprint density at radius 2 is 1.57 bits per heavy atom. The van der Waals surface area contributed by atoms with Crippen LogP contribution in [0, 0.1) is 5.82 Å². The predicted octanol–water partition coefficient (Wildman–Crippen LogP) is 6.59. The maximum absolute atomic E-state index is 13.5. The first-order chi connectivity index (χ1) is 21.6. The summed E-state index contributed by atoms with van der Waals surface area (Å²) in [5.41, 5.74) is 5.63. The number of H-pyrrole nitrogens is 1. The first-order valence-corrected chi connectivity index (χ1v) is 14.3. The van der Waals surface area contributed by atoms with E-state index in [1.807, 2.05) is 42.5 Å². The number of benzene rings is 3. The van der Waals surface area contributed by atoms with E-state index >= 15 is 0 Å². The monoisotopic (exact) mass is 587 g/mol. The number of ether oxygens (including phenoxy) is 1. The molecule has 3 aromatic carbocycles. The van der Waals surface area contributed by atoms with Crippen molar-refractivity contribution in [2.45, 2.75) is 0 Å². The fourth-order valence-electron chi connectivity index (χ4n) is 5.08. The zero-order valence-corrected chi connectivity index (χ0v) is 24.0. The minimum absolute atomic E-state index is 0.327. The highest BCUT2D eigenvalue weighted by Crippen LogP contribution is 2.32. The van der Waals surface area contributed by atoms with Gasteiger partial charge in [0.2, 0.25) is 17.8 Å². The molecule has 0 aliphatic carbocycles. The highest BCUT2D eigenvalue weighted by atomic mass is 19.1. The fourth-order valence-corrected chi connectivity index (χ4v) is 5.08. The average Bonchev–Trinajstić information content (AvgIpc) is 3.44. The molecule has 1 fully saturated rings. The van der Waals surface area contributed by atoms with Gasteiger partial charge in [0.05, 0.1) is 22.3 Å². The summed E-state index contributed by atoms with van der Waals surface area (Å²) in [7, 11) is 2.16. The number of likely N-dealkylation sites (N-methyl/N-ethyl adjacent to an activating group) is 1. The lowest BCUT2D eigenvalue weighted by Gasteiger charge is -2.34. The molecule has 44 heavy (non-hydrogen) atoms. The van der Waals surface area contributed by atoms with Crippen LogP contribution in [0.25, 0.3) is 22.3 Å². The summed E-state index contributed by atoms with van der Waals surface area (Å²) in [5.74, 6) is 1.70. The average molecular weight is 588 g/mol. The van der Waals surface area contributed by atoms with Crippen LogP contribution in [-0.4, -0.2) is 63.0 Å². The quantitative estimate of drug-likeness (QED) is 0.182. The molecule has 1 saturated heterocycles. The smallest absolute Gasteiger partial charge is 0.228 e. The van der Waals surface area contributed by atoms with Gasteiger partial charge in [0.15, 0.2) is 0 Å². The zero-order valence-electron chi connectivity index (χ0n) is 24.0. The topological polar surface area (TPSA) is 107 Å². The van der Waals surface area contributed by atoms with Gasteiger partial charge in [-0.05, 0) is 85.9 Å². The molecule has 0 unspecified atom stereocenters. The first kappa shape index (κ1) is 27.3. The largest absolute Gasteiger partial charge is 0.438 e. The van der Waals surface area contributed by atoms with Crippen molar-refractivity contribution in [2.24, 2.45) is 0 Å². The molecule has 0 amide bonds. The van der Waals surface area contributed by atoms with Gasteiger partial charge in [-0.1, -0.05) is 0 Å². The second kappa shape index (κ2) is 12.0. The number of imidazole rings is 1. The van der Waals surface area contributed by atoms with Gasteiger partial charge < -0.3 is 30.2 Å². The fraction of sp³-hybridized carbons (Fsp3) is 0.152. The van der Waals surface area contributed by atoms with Gasteiger partial charge in [-0.2, -0.15) is 0 Å². The molecule has 220 valence electrons. The van der Waals surface area contributed by atoms with Crippen LogP contribution in [0.4, 0.5) is 33.3 Å². The number of hydrogen-bond acceptors (Lipinski definition) is 9. The van der Waals surface area contributed by atoms with Crippen molar-refractivity contribution >= 4 is 40.0 Å². The summed E-state index contributed by atoms with van der Waals surface area (Å²) in [6.45, 7) is 4.18. The van der Waals surface area contributed by atoms with Crippen molar-refractivity contribution in [3.8, 4) is 22.9 Å². The van der Waals surface area contributed by atoms with Gasteiger partial charge in [0.1, 0.15) is 11.6 Å². The highest BCUT2D eigenvalue weighted by molar-refractivity contribution is 5.78. The molecule has 1 aliphatic heterocycles. The van der Waals surface area contributed by atoms with E-state index in [9.17, 15) is 4.39 Å². The molecule has 1 aliphatic rings. The van der Waals surface area contributed by atoms with Gasteiger partial charge >= 0.3 is 0 Å². The Balaban J connectivity index is 1.03. The van der Waals surface area contributed by atoms with E-state index in [0.717, 1.165) is 48.6 Å². The molecule has 7 rings (SSSR count). The predicted molar refractivity (Wildman–Crippen MR) is 171 cm³/mol. The van der Waals surface area contributed by atoms with Gasteiger partial charge in [0.25, 0.3) is 0 Å². The molecule has 3 aromatic heterocycles. The molecule has 4 heterocycles. The van der Waals surface area contributed by atoms with E-state index in [4.69, 9.17) is 9.72 Å². The summed E-state index contributed by atoms with van der Waals surface area (Å²) >= 11 is 0. The van der Waals surface area contributed by atoms with Crippen LogP contribution in [0.3, 0.4) is 0 Å². The lowest BCUT2D eigenvalue weighted by atomic mass is 10.2. The van der Waals surface area contributed by atoms with Crippen LogP contribution < -0.4 is 20.3 Å². The Morgan fingerprint density at radius 3 is 2.39 bits per heavy atom. The van der Waals surface area contributed by atoms with Crippen molar-refractivity contribution in [3.05, 3.63) is 103 Å². The number of fused-ring (bicyclic) bond motifs is 1. The van der Waals surface area contributed by atoms with Crippen LogP contribution in [0.1, 0.15) is 0 Å². The van der Waals surface area contributed by atoms with Gasteiger partial charge in [-0.15, -0.1) is 0 Å². The molecule has 3 N–H and O–H groups in total. The molecule has 0 spiro atoms. The van der Waals surface area contributed by atoms with Crippen molar-refractivity contribution in [2.75, 3.05) is 48.8 Å². The van der Waals surface area contributed by atoms with Crippen LogP contribution in [0.15, 0.2) is 97.3 Å². The number of nitrogens with one attached hydrogen (secondary N) is 3. The molecule has 0 saturated carbocycles. The summed E-state index contributed by atoms with van der Waals surface area (Å²) in [6.07, 6.45) is 3.40. The van der Waals surface area contributed by atoms with Gasteiger partial charge in [-0.25, -0.2) is 24.3 Å². The molecule has 0 radical (unpaired) electrons. The summed E-state index contributed by atoms with van der Waals surface area (Å²) in [5, 5.41) is 6.51. The molecule has 11 heteroatoms. The highest BCUT2D eigenvalue weighted by Gasteiger charge is 2.15. The minimum atomic E-state index is -0.327. The standard InChI is InChI=1S/C33H30FN9O/c1-42-17-19-43(20-18-42)25-9-5-23(6-10-25)37-32-36-16-14-28(39-32)27-3-2-15-35-31(27)44-26-11-7-24(8-12-26)38-33-40-29-13-4-22(34)21-30(29)41-33/h2-16,21H,17-20H2,1H3,(H,36,37,39)(H2,38,40,41). The Labute approximate surface area is 253 Å². The molecule has 10 nitrogen and oxygen atoms in total. The van der Waals surface area contributed by atoms with Crippen molar-refractivity contribution in [1.82, 2.24) is 29.8 Å². The normalized spacial score (nSPS) is 13.6. The van der Waals surface area contributed by atoms with E-state index in [1.54, 1.807) is 18.5 Å². The molecular weight excluding hydrogens is 557 g/mol. The molecular formula is C33H30FN9O. The summed E-state index contributed by atoms with van der Waals surface area (Å²) < 4.78 is 19.7. The third-order valence-corrected chi connectivity index (χ3v) is 7.47. The zero-order chi connectivity index (χ0) is 29.9. The Morgan fingerprint density at radius 1 is 0.795 bits per heavy atom. The third kappa shape index (κ3) is 6.13. The summed E-state index contributed by atoms with van der Waals surface area (Å²) in [6, 6.07) is 25.8. The maximum Gasteiger partial charge on any atom is 0.228 e. The Kier molecular flexibility index (Phi) is 7.43. The molecule has 6 aromatic rings. The van der Waals surface area contributed by atoms with Crippen molar-refractivity contribution < 1.29 is 9.13 Å². The second-order valence-electron chi connectivity index (χ2n) is 10.6. The van der Waals surface area contributed by atoms with Crippen molar-refractivity contribution in [3.63, 3.8) is 0 Å². The van der Waals surface area contributed by atoms with Crippen molar-refractivity contribution in [1.29, 1.82) is 0 Å². The lowest BCUT2D eigenvalue weighted by molar-refractivity contribution is 0.313. The van der Waals surface area contributed by atoms with Crippen LogP contribution in [-0.2, 0) is 0 Å². The number of halogens is 1. The minimum Gasteiger partial charge on any atom is -0.438 e. The molecule has 0 atom stereocenters. The number of rotatable bonds is 8. The molecule has 0 bridgehead atoms. The number of aromatic amines is 1. The van der Waals surface area contributed by atoms with Gasteiger partial charge in [0, 0.05) is 61.7 Å². The van der Waals surface area contributed by atoms with Crippen LogP contribution in [0.2, 0.25) is 0 Å². The van der Waals surface area contributed by atoms with E-state index in [-0.39, 0.29) is 5.82 Å². The lowest BCUT2D eigenvalue weighted by Crippen LogP contribution is -2.44. The number of piperazine rings is 1. The van der Waals surface area contributed by atoms with E-state index in [0.29, 0.717) is 34.7 Å². The van der Waals surface area contributed by atoms with E-state index in [2.05, 4.69) is 71.7 Å². The number of nitrogens with zero attached hydrogens (tertiary/aromatic N) is 6. The SMILES string of the molecule is CN1CCN(c2ccc(Nc3nccc(-c4cccnc4Oc4ccc(Nc5nc6cc(F)ccc6[nH]5)cc4)n3)cc2)CC1. The van der Waals surface area contributed by atoms with Gasteiger partial charge in [-0.3, -0.25) is 0 Å². The van der Waals surface area contributed by atoms with Crippen LogP contribution in [0.5, 0.6) is 11.6 Å². The number of pyridine rings is 1. The maximum atomic E-state index is 13.5.